The topological polar surface area (TPSA) is 77.3 Å². The van der Waals surface area contributed by atoms with E-state index in [0.717, 1.165) is 6.07 Å². The number of nitrogens with two attached hydrogens (primary N) is 1. The van der Waals surface area contributed by atoms with Crippen LogP contribution in [-0.2, 0) is 6.18 Å². The Bertz CT molecular complexity index is 722. The van der Waals surface area contributed by atoms with Crippen LogP contribution in [0.2, 0.25) is 0 Å². The number of methoxy groups -OCH3 is 2. The summed E-state index contributed by atoms with van der Waals surface area (Å²) in [5.74, 6) is 0.311. The van der Waals surface area contributed by atoms with Crippen LogP contribution in [0, 0.1) is 0 Å². The van der Waals surface area contributed by atoms with Gasteiger partial charge in [-0.15, -0.1) is 0 Å². The molecule has 0 bridgehead atoms. The van der Waals surface area contributed by atoms with Crippen molar-refractivity contribution < 1.29 is 22.6 Å². The molecule has 0 spiro atoms. The van der Waals surface area contributed by atoms with Crippen molar-refractivity contribution in [1.29, 1.82) is 0 Å². The number of ether oxygens (including phenoxy) is 2. The van der Waals surface area contributed by atoms with Crippen LogP contribution in [0.4, 0.5) is 18.9 Å². The van der Waals surface area contributed by atoms with Crippen LogP contribution in [0.5, 0.6) is 11.5 Å². The first-order valence-corrected chi connectivity index (χ1v) is 5.44. The van der Waals surface area contributed by atoms with Crippen molar-refractivity contribution in [2.45, 2.75) is 6.18 Å². The number of benzene rings is 1. The molecule has 1 aromatic heterocycles. The number of aromatic amines is 1. The van der Waals surface area contributed by atoms with Gasteiger partial charge in [-0.3, -0.25) is 4.79 Å². The third kappa shape index (κ3) is 2.13. The second-order valence-electron chi connectivity index (χ2n) is 3.99. The molecule has 0 aliphatic rings. The van der Waals surface area contributed by atoms with E-state index in [1.54, 1.807) is 0 Å². The molecule has 0 saturated heterocycles. The fourth-order valence-electron chi connectivity index (χ4n) is 1.94. The number of aromatic nitrogens is 1. The zero-order valence-corrected chi connectivity index (χ0v) is 10.6. The van der Waals surface area contributed by atoms with Gasteiger partial charge < -0.3 is 20.2 Å². The van der Waals surface area contributed by atoms with E-state index < -0.39 is 23.0 Å². The molecule has 2 aromatic rings. The Morgan fingerprint density at radius 1 is 1.15 bits per heavy atom. The molecule has 3 N–H and O–H groups in total. The number of alkyl halides is 3. The van der Waals surface area contributed by atoms with E-state index in [0.29, 0.717) is 0 Å². The van der Waals surface area contributed by atoms with Gasteiger partial charge in [0.2, 0.25) is 0 Å². The van der Waals surface area contributed by atoms with Crippen molar-refractivity contribution in [3.8, 4) is 11.5 Å². The van der Waals surface area contributed by atoms with Gasteiger partial charge in [0.25, 0.3) is 5.56 Å². The maximum Gasteiger partial charge on any atom is 0.419 e. The first-order valence-electron chi connectivity index (χ1n) is 5.44. The summed E-state index contributed by atoms with van der Waals surface area (Å²) in [6.45, 7) is 0. The summed E-state index contributed by atoms with van der Waals surface area (Å²) in [5.41, 5.74) is 2.16. The van der Waals surface area contributed by atoms with Gasteiger partial charge in [-0.25, -0.2) is 0 Å². The van der Waals surface area contributed by atoms with Crippen molar-refractivity contribution in [2.24, 2.45) is 0 Å². The summed E-state index contributed by atoms with van der Waals surface area (Å²) >= 11 is 0. The second kappa shape index (κ2) is 4.62. The molecule has 8 heteroatoms. The highest BCUT2D eigenvalue weighted by atomic mass is 19.4. The van der Waals surface area contributed by atoms with Gasteiger partial charge in [0.1, 0.15) is 5.69 Å². The van der Waals surface area contributed by atoms with Crippen LogP contribution >= 0.6 is 0 Å². The van der Waals surface area contributed by atoms with Crippen molar-refractivity contribution in [1.82, 2.24) is 4.98 Å². The van der Waals surface area contributed by atoms with Crippen molar-refractivity contribution in [3.05, 3.63) is 28.0 Å². The van der Waals surface area contributed by atoms with Crippen LogP contribution in [0.1, 0.15) is 5.56 Å². The van der Waals surface area contributed by atoms with Crippen LogP contribution in [0.3, 0.4) is 0 Å². The number of H-pyrrole nitrogens is 1. The Morgan fingerprint density at radius 3 is 2.20 bits per heavy atom. The van der Waals surface area contributed by atoms with E-state index in [1.165, 1.54) is 20.3 Å². The largest absolute Gasteiger partial charge is 0.493 e. The molecule has 1 heterocycles. The Balaban J connectivity index is 2.96. The van der Waals surface area contributed by atoms with Gasteiger partial charge in [-0.05, 0) is 6.07 Å². The summed E-state index contributed by atoms with van der Waals surface area (Å²) in [4.78, 5) is 13.8. The van der Waals surface area contributed by atoms with Gasteiger partial charge in [0, 0.05) is 11.5 Å². The molecule has 108 valence electrons. The number of hydrogen-bond donors (Lipinski definition) is 2. The third-order valence-corrected chi connectivity index (χ3v) is 2.84. The van der Waals surface area contributed by atoms with Gasteiger partial charge in [-0.2, -0.15) is 13.2 Å². The lowest BCUT2D eigenvalue weighted by atomic mass is 10.1. The molecule has 0 saturated carbocycles. The first kappa shape index (κ1) is 14.0. The summed E-state index contributed by atoms with van der Waals surface area (Å²) in [6, 6.07) is 2.38. The number of fused-ring (bicyclic) bond motifs is 1. The minimum Gasteiger partial charge on any atom is -0.493 e. The van der Waals surface area contributed by atoms with E-state index in [9.17, 15) is 18.0 Å². The van der Waals surface area contributed by atoms with Crippen molar-refractivity contribution in [2.75, 3.05) is 20.0 Å². The highest BCUT2D eigenvalue weighted by molar-refractivity contribution is 5.89. The van der Waals surface area contributed by atoms with E-state index in [1.807, 2.05) is 0 Å². The number of hydrogen-bond acceptors (Lipinski definition) is 4. The molecule has 5 nitrogen and oxygen atoms in total. The van der Waals surface area contributed by atoms with Crippen LogP contribution in [0.25, 0.3) is 10.9 Å². The number of rotatable bonds is 2. The van der Waals surface area contributed by atoms with Gasteiger partial charge in [0.15, 0.2) is 11.5 Å². The van der Waals surface area contributed by atoms with Crippen molar-refractivity contribution >= 4 is 16.6 Å². The smallest absolute Gasteiger partial charge is 0.419 e. The van der Waals surface area contributed by atoms with Crippen molar-refractivity contribution in [3.63, 3.8) is 0 Å². The number of nitrogens with one attached hydrogen (secondary N) is 1. The van der Waals surface area contributed by atoms with Gasteiger partial charge in [-0.1, -0.05) is 0 Å². The summed E-state index contributed by atoms with van der Waals surface area (Å²) in [6.07, 6.45) is -4.75. The maximum absolute atomic E-state index is 13.1. The maximum atomic E-state index is 13.1. The Kier molecular flexibility index (Phi) is 3.24. The molecule has 0 atom stereocenters. The zero-order valence-electron chi connectivity index (χ0n) is 10.6. The molecule has 1 aromatic carbocycles. The lowest BCUT2D eigenvalue weighted by Crippen LogP contribution is -2.20. The Hall–Kier alpha value is -2.38. The standard InChI is InChI=1S/C12H11F3N2O3/c1-19-7-3-5-6(4-8(7)20-2)17-11(18)10(16)9(5)12(13,14)15/h3-4H,16H2,1-2H3,(H,17,18). The van der Waals surface area contributed by atoms with E-state index in [-0.39, 0.29) is 22.4 Å². The number of anilines is 1. The quantitative estimate of drug-likeness (QED) is 0.887. The molecular weight excluding hydrogens is 277 g/mol. The van der Waals surface area contributed by atoms with Gasteiger partial charge in [0.05, 0.1) is 25.3 Å². The van der Waals surface area contributed by atoms with Crippen LogP contribution in [-0.4, -0.2) is 19.2 Å². The molecule has 0 aliphatic carbocycles. The molecular formula is C12H11F3N2O3. The summed E-state index contributed by atoms with van der Waals surface area (Å²) in [5, 5.41) is -0.257. The highest BCUT2D eigenvalue weighted by Gasteiger charge is 2.36. The molecule has 0 aliphatic heterocycles. The first-order chi connectivity index (χ1) is 9.29. The average Bonchev–Trinajstić information content (AvgIpc) is 2.37. The summed E-state index contributed by atoms with van der Waals surface area (Å²) < 4.78 is 49.2. The molecule has 20 heavy (non-hydrogen) atoms. The minimum absolute atomic E-state index is 0.0332. The Morgan fingerprint density at radius 2 is 1.70 bits per heavy atom. The predicted molar refractivity (Wildman–Crippen MR) is 67.1 cm³/mol. The zero-order chi connectivity index (χ0) is 15.1. The number of halogens is 3. The summed E-state index contributed by atoms with van der Waals surface area (Å²) in [7, 11) is 2.63. The third-order valence-electron chi connectivity index (χ3n) is 2.84. The lowest BCUT2D eigenvalue weighted by molar-refractivity contribution is -0.135. The fraction of sp³-hybridized carbons (Fsp3) is 0.250. The molecule has 0 amide bonds. The van der Waals surface area contributed by atoms with E-state index >= 15 is 0 Å². The molecule has 2 rings (SSSR count). The molecule has 0 radical (unpaired) electrons. The SMILES string of the molecule is COc1cc2[nH]c(=O)c(N)c(C(F)(F)F)c2cc1OC. The normalized spacial score (nSPS) is 11.7. The fourth-order valence-corrected chi connectivity index (χ4v) is 1.94. The lowest BCUT2D eigenvalue weighted by Gasteiger charge is -2.15. The van der Waals surface area contributed by atoms with Crippen LogP contribution in [0.15, 0.2) is 16.9 Å². The molecule has 0 fully saturated rings. The highest BCUT2D eigenvalue weighted by Crippen LogP contribution is 2.40. The van der Waals surface area contributed by atoms with E-state index in [2.05, 4.69) is 4.98 Å². The molecule has 0 unspecified atom stereocenters. The van der Waals surface area contributed by atoms with E-state index in [4.69, 9.17) is 15.2 Å². The predicted octanol–water partition coefficient (Wildman–Crippen LogP) is 2.15. The number of nitrogen functional groups attached to an aromatic ring is 1. The average molecular weight is 288 g/mol. The van der Waals surface area contributed by atoms with Crippen LogP contribution < -0.4 is 20.8 Å². The number of pyridine rings is 1. The minimum atomic E-state index is -4.75. The second-order valence-corrected chi connectivity index (χ2v) is 3.99. The monoisotopic (exact) mass is 288 g/mol. The van der Waals surface area contributed by atoms with Gasteiger partial charge >= 0.3 is 6.18 Å². The Labute approximate surface area is 111 Å².